The van der Waals surface area contributed by atoms with Gasteiger partial charge in [0.15, 0.2) is 6.10 Å². The van der Waals surface area contributed by atoms with Crippen molar-refractivity contribution >= 4 is 33.2 Å². The summed E-state index contributed by atoms with van der Waals surface area (Å²) in [5.74, 6) is -0.847. The molecular weight excluding hydrogens is 452 g/mol. The Balaban J connectivity index is 1.67. The number of rotatable bonds is 6. The van der Waals surface area contributed by atoms with Crippen LogP contribution in [0.25, 0.3) is 0 Å². The van der Waals surface area contributed by atoms with Crippen LogP contribution in [-0.2, 0) is 37.3 Å². The minimum absolute atomic E-state index is 0.0249. The quantitative estimate of drug-likeness (QED) is 0.593. The summed E-state index contributed by atoms with van der Waals surface area (Å²) in [6, 6.07) is 9.24. The Morgan fingerprint density at radius 2 is 1.75 bits per heavy atom. The molecule has 4 rings (SSSR count). The smallest absolute Gasteiger partial charge is 0.340 e. The zero-order valence-corrected chi connectivity index (χ0v) is 19.7. The average molecular weight is 479 g/mol. The minimum Gasteiger partial charge on any atom is -0.465 e. The highest BCUT2D eigenvalue weighted by Gasteiger charge is 2.39. The molecule has 1 atom stereocenters. The fourth-order valence-electron chi connectivity index (χ4n) is 4.28. The maximum absolute atomic E-state index is 13.3. The molecule has 2 aromatic rings. The zero-order valence-electron chi connectivity index (χ0n) is 18.1. The number of amides is 1. The number of thiophene rings is 1. The average Bonchev–Trinajstić information content (AvgIpc) is 3.48. The van der Waals surface area contributed by atoms with Crippen molar-refractivity contribution in [1.29, 1.82) is 0 Å². The fourth-order valence-corrected chi connectivity index (χ4v) is 7.83. The van der Waals surface area contributed by atoms with Crippen LogP contribution in [0.1, 0.15) is 45.3 Å². The number of hydrogen-bond acceptors (Lipinski definition) is 7. The molecule has 10 heteroatoms. The number of esters is 1. The summed E-state index contributed by atoms with van der Waals surface area (Å²) in [6.45, 7) is 1.49. The van der Waals surface area contributed by atoms with E-state index in [4.69, 9.17) is 9.47 Å². The molecule has 32 heavy (non-hydrogen) atoms. The number of carbonyl (C=O) groups excluding carboxylic acids is 2. The van der Waals surface area contributed by atoms with Crippen LogP contribution >= 0.6 is 11.3 Å². The van der Waals surface area contributed by atoms with E-state index in [9.17, 15) is 18.0 Å². The second-order valence-electron chi connectivity index (χ2n) is 7.81. The Labute approximate surface area is 191 Å². The molecule has 0 radical (unpaired) electrons. The SMILES string of the molecule is COC(=O)c1c(S(=O)(=O)N2CCCC2)sc2c1CCN(C(=O)[C@@H](OC)c1ccccc1)C2. The van der Waals surface area contributed by atoms with Gasteiger partial charge in [-0.25, -0.2) is 13.2 Å². The zero-order chi connectivity index (χ0) is 22.9. The molecule has 1 aromatic heterocycles. The van der Waals surface area contributed by atoms with Crippen molar-refractivity contribution in [2.75, 3.05) is 33.9 Å². The van der Waals surface area contributed by atoms with E-state index in [0.717, 1.165) is 29.7 Å². The van der Waals surface area contributed by atoms with Crippen LogP contribution < -0.4 is 0 Å². The Bertz CT molecular complexity index is 1110. The van der Waals surface area contributed by atoms with Gasteiger partial charge in [-0.3, -0.25) is 4.79 Å². The van der Waals surface area contributed by atoms with Crippen molar-refractivity contribution in [1.82, 2.24) is 9.21 Å². The van der Waals surface area contributed by atoms with Gasteiger partial charge in [0.05, 0.1) is 19.2 Å². The highest BCUT2D eigenvalue weighted by molar-refractivity contribution is 7.91. The van der Waals surface area contributed by atoms with Gasteiger partial charge >= 0.3 is 5.97 Å². The predicted octanol–water partition coefficient (Wildman–Crippen LogP) is 2.59. The normalized spacial score (nSPS) is 17.8. The molecule has 0 spiro atoms. The van der Waals surface area contributed by atoms with E-state index in [1.54, 1.807) is 4.90 Å². The number of ether oxygens (including phenoxy) is 2. The highest BCUT2D eigenvalue weighted by Crippen LogP contribution is 2.39. The third-order valence-corrected chi connectivity index (χ3v) is 9.54. The van der Waals surface area contributed by atoms with Crippen LogP contribution in [0.4, 0.5) is 0 Å². The summed E-state index contributed by atoms with van der Waals surface area (Å²) in [4.78, 5) is 28.2. The Morgan fingerprint density at radius 3 is 2.38 bits per heavy atom. The van der Waals surface area contributed by atoms with Crippen LogP contribution in [0.2, 0.25) is 0 Å². The summed E-state index contributed by atoms with van der Waals surface area (Å²) in [7, 11) is -1.05. The van der Waals surface area contributed by atoms with Crippen molar-refractivity contribution in [2.45, 2.75) is 36.1 Å². The molecule has 2 aliphatic rings. The Hall–Kier alpha value is -2.27. The molecule has 1 aromatic carbocycles. The molecule has 0 bridgehead atoms. The van der Waals surface area contributed by atoms with E-state index in [-0.39, 0.29) is 22.2 Å². The lowest BCUT2D eigenvalue weighted by atomic mass is 10.0. The first-order valence-corrected chi connectivity index (χ1v) is 12.7. The second-order valence-corrected chi connectivity index (χ2v) is 11.0. The molecule has 1 amide bonds. The van der Waals surface area contributed by atoms with Crippen LogP contribution in [0.3, 0.4) is 0 Å². The van der Waals surface area contributed by atoms with E-state index in [1.165, 1.54) is 18.5 Å². The van der Waals surface area contributed by atoms with Gasteiger partial charge in [0.2, 0.25) is 0 Å². The first kappa shape index (κ1) is 22.9. The Morgan fingerprint density at radius 1 is 1.06 bits per heavy atom. The number of methoxy groups -OCH3 is 2. The summed E-state index contributed by atoms with van der Waals surface area (Å²) in [6.07, 6.45) is 1.24. The highest BCUT2D eigenvalue weighted by atomic mass is 32.2. The van der Waals surface area contributed by atoms with Crippen LogP contribution in [0, 0.1) is 0 Å². The molecule has 172 valence electrons. The monoisotopic (exact) mass is 478 g/mol. The van der Waals surface area contributed by atoms with Crippen molar-refractivity contribution in [2.24, 2.45) is 0 Å². The van der Waals surface area contributed by atoms with Gasteiger partial charge in [0.1, 0.15) is 4.21 Å². The molecule has 1 saturated heterocycles. The first-order chi connectivity index (χ1) is 15.4. The fraction of sp³-hybridized carbons (Fsp3) is 0.455. The summed E-state index contributed by atoms with van der Waals surface area (Å²) >= 11 is 1.07. The number of fused-ring (bicyclic) bond motifs is 1. The van der Waals surface area contributed by atoms with E-state index in [1.807, 2.05) is 30.3 Å². The van der Waals surface area contributed by atoms with Crippen molar-refractivity contribution in [3.63, 3.8) is 0 Å². The molecule has 1 fully saturated rings. The number of hydrogen-bond donors (Lipinski definition) is 0. The lowest BCUT2D eigenvalue weighted by Gasteiger charge is -2.30. The van der Waals surface area contributed by atoms with Crippen molar-refractivity contribution in [3.05, 3.63) is 51.9 Å². The molecule has 2 aliphatic heterocycles. The summed E-state index contributed by atoms with van der Waals surface area (Å²) in [5.41, 5.74) is 1.54. The largest absolute Gasteiger partial charge is 0.465 e. The van der Waals surface area contributed by atoms with Crippen LogP contribution in [0.5, 0.6) is 0 Å². The lowest BCUT2D eigenvalue weighted by molar-refractivity contribution is -0.143. The second kappa shape index (κ2) is 9.30. The summed E-state index contributed by atoms with van der Waals surface area (Å²) in [5, 5.41) is 0. The topological polar surface area (TPSA) is 93.2 Å². The first-order valence-electron chi connectivity index (χ1n) is 10.5. The molecule has 0 N–H and O–H groups in total. The van der Waals surface area contributed by atoms with E-state index < -0.39 is 22.1 Å². The van der Waals surface area contributed by atoms with E-state index >= 15 is 0 Å². The predicted molar refractivity (Wildman–Crippen MR) is 119 cm³/mol. The van der Waals surface area contributed by atoms with Gasteiger partial charge in [-0.15, -0.1) is 11.3 Å². The number of nitrogens with zero attached hydrogens (tertiary/aromatic N) is 2. The molecule has 0 unspecified atom stereocenters. The molecule has 3 heterocycles. The van der Waals surface area contributed by atoms with Gasteiger partial charge in [0, 0.05) is 31.6 Å². The van der Waals surface area contributed by atoms with Crippen molar-refractivity contribution in [3.8, 4) is 0 Å². The number of benzene rings is 1. The molecule has 0 saturated carbocycles. The lowest BCUT2D eigenvalue weighted by Crippen LogP contribution is -2.39. The van der Waals surface area contributed by atoms with Crippen molar-refractivity contribution < 1.29 is 27.5 Å². The van der Waals surface area contributed by atoms with Gasteiger partial charge in [0.25, 0.3) is 15.9 Å². The standard InChI is InChI=1S/C22H26N2O6S2/c1-29-19(15-8-4-3-5-9-15)20(25)23-13-10-16-17(14-23)31-22(18(16)21(26)30-2)32(27,28)24-11-6-7-12-24/h3-5,8-9,19H,6-7,10-14H2,1-2H3/t19-/m0/s1. The summed E-state index contributed by atoms with van der Waals surface area (Å²) < 4.78 is 38.4. The third kappa shape index (κ3) is 4.07. The maximum atomic E-state index is 13.3. The van der Waals surface area contributed by atoms with Crippen LogP contribution in [-0.4, -0.2) is 63.4 Å². The third-order valence-electron chi connectivity index (χ3n) is 5.93. The molecule has 0 aliphatic carbocycles. The van der Waals surface area contributed by atoms with Gasteiger partial charge in [-0.05, 0) is 30.4 Å². The van der Waals surface area contributed by atoms with Gasteiger partial charge in [-0.2, -0.15) is 4.31 Å². The minimum atomic E-state index is -3.80. The van der Waals surface area contributed by atoms with Crippen LogP contribution in [0.15, 0.2) is 34.5 Å². The Kier molecular flexibility index (Phi) is 6.66. The maximum Gasteiger partial charge on any atom is 0.340 e. The molecule has 8 nitrogen and oxygen atoms in total. The number of sulfonamides is 1. The molecular formula is C22H26N2O6S2. The van der Waals surface area contributed by atoms with E-state index in [0.29, 0.717) is 36.5 Å². The van der Waals surface area contributed by atoms with Gasteiger partial charge in [-0.1, -0.05) is 30.3 Å². The van der Waals surface area contributed by atoms with Gasteiger partial charge < -0.3 is 14.4 Å². The van der Waals surface area contributed by atoms with E-state index in [2.05, 4.69) is 0 Å². The number of carbonyl (C=O) groups is 2.